The first kappa shape index (κ1) is 24.1. The summed E-state index contributed by atoms with van der Waals surface area (Å²) in [5.74, 6) is 0.584. The van der Waals surface area contributed by atoms with Crippen LogP contribution in [0.1, 0.15) is 27.8 Å². The number of anilines is 1. The standard InChI is InChI=1S/C27H25BrN2O3/c1-17-8-10-20(11-9-17)16-33-26-14-23(28)21(13-25(26)32-4)12-22(15-29)27(31)30-24-7-5-6-18(2)19(24)3/h5-14H,16H2,1-4H3,(H,30,31). The summed E-state index contributed by atoms with van der Waals surface area (Å²) >= 11 is 3.52. The van der Waals surface area contributed by atoms with Crippen LogP contribution in [-0.2, 0) is 11.4 Å². The fraction of sp³-hybridized carbons (Fsp3) is 0.185. The van der Waals surface area contributed by atoms with Gasteiger partial charge in [-0.1, -0.05) is 57.9 Å². The predicted molar refractivity (Wildman–Crippen MR) is 134 cm³/mol. The summed E-state index contributed by atoms with van der Waals surface area (Å²) < 4.78 is 12.1. The fourth-order valence-corrected chi connectivity index (χ4v) is 3.60. The van der Waals surface area contributed by atoms with E-state index in [-0.39, 0.29) is 5.57 Å². The monoisotopic (exact) mass is 504 g/mol. The summed E-state index contributed by atoms with van der Waals surface area (Å²) in [6.07, 6.45) is 1.52. The number of methoxy groups -OCH3 is 1. The Morgan fingerprint density at radius 1 is 1.09 bits per heavy atom. The third-order valence-corrected chi connectivity index (χ3v) is 6.00. The van der Waals surface area contributed by atoms with E-state index in [4.69, 9.17) is 9.47 Å². The van der Waals surface area contributed by atoms with Gasteiger partial charge in [-0.05, 0) is 67.3 Å². The Labute approximate surface area is 202 Å². The normalized spacial score (nSPS) is 11.0. The highest BCUT2D eigenvalue weighted by molar-refractivity contribution is 9.10. The molecule has 0 aliphatic rings. The van der Waals surface area contributed by atoms with Crippen LogP contribution in [-0.4, -0.2) is 13.0 Å². The molecule has 0 fully saturated rings. The Bertz CT molecular complexity index is 1240. The van der Waals surface area contributed by atoms with E-state index in [1.54, 1.807) is 19.2 Å². The Morgan fingerprint density at radius 2 is 1.82 bits per heavy atom. The molecule has 3 rings (SSSR count). The first-order valence-corrected chi connectivity index (χ1v) is 11.2. The van der Waals surface area contributed by atoms with Crippen molar-refractivity contribution in [3.05, 3.63) is 92.5 Å². The van der Waals surface area contributed by atoms with Crippen molar-refractivity contribution < 1.29 is 14.3 Å². The number of carbonyl (C=O) groups excluding carboxylic acids is 1. The first-order chi connectivity index (χ1) is 15.8. The zero-order valence-electron chi connectivity index (χ0n) is 19.0. The molecule has 0 saturated heterocycles. The molecule has 3 aromatic rings. The zero-order valence-corrected chi connectivity index (χ0v) is 20.6. The number of hydrogen-bond donors (Lipinski definition) is 1. The highest BCUT2D eigenvalue weighted by atomic mass is 79.9. The number of nitrogens with one attached hydrogen (secondary N) is 1. The molecule has 0 spiro atoms. The second-order valence-corrected chi connectivity index (χ2v) is 8.52. The molecule has 0 aliphatic heterocycles. The minimum Gasteiger partial charge on any atom is -0.493 e. The fourth-order valence-electron chi connectivity index (χ4n) is 3.16. The highest BCUT2D eigenvalue weighted by Gasteiger charge is 2.15. The van der Waals surface area contributed by atoms with Gasteiger partial charge < -0.3 is 14.8 Å². The van der Waals surface area contributed by atoms with Crippen molar-refractivity contribution in [3.63, 3.8) is 0 Å². The summed E-state index contributed by atoms with van der Waals surface area (Å²) in [5, 5.41) is 12.4. The van der Waals surface area contributed by atoms with E-state index in [1.807, 2.05) is 69.3 Å². The van der Waals surface area contributed by atoms with E-state index >= 15 is 0 Å². The number of hydrogen-bond acceptors (Lipinski definition) is 4. The number of aryl methyl sites for hydroxylation is 2. The topological polar surface area (TPSA) is 71.3 Å². The van der Waals surface area contributed by atoms with Crippen molar-refractivity contribution in [1.82, 2.24) is 0 Å². The van der Waals surface area contributed by atoms with Crippen molar-refractivity contribution in [2.75, 3.05) is 12.4 Å². The molecular weight excluding hydrogens is 480 g/mol. The molecule has 0 bridgehead atoms. The Morgan fingerprint density at radius 3 is 2.48 bits per heavy atom. The van der Waals surface area contributed by atoms with Crippen molar-refractivity contribution in [1.29, 1.82) is 5.26 Å². The molecule has 0 saturated carbocycles. The molecule has 1 amide bonds. The van der Waals surface area contributed by atoms with Crippen molar-refractivity contribution in [2.24, 2.45) is 0 Å². The molecule has 0 heterocycles. The second-order valence-electron chi connectivity index (χ2n) is 7.67. The summed E-state index contributed by atoms with van der Waals surface area (Å²) in [6, 6.07) is 19.2. The van der Waals surface area contributed by atoms with Crippen LogP contribution in [0, 0.1) is 32.1 Å². The lowest BCUT2D eigenvalue weighted by molar-refractivity contribution is -0.112. The largest absolute Gasteiger partial charge is 0.493 e. The average molecular weight is 505 g/mol. The summed E-state index contributed by atoms with van der Waals surface area (Å²) in [4.78, 5) is 12.8. The molecule has 0 radical (unpaired) electrons. The second kappa shape index (κ2) is 10.8. The number of carbonyl (C=O) groups is 1. The van der Waals surface area contributed by atoms with Crippen LogP contribution in [0.2, 0.25) is 0 Å². The Kier molecular flexibility index (Phi) is 7.92. The van der Waals surface area contributed by atoms with E-state index in [1.165, 1.54) is 11.6 Å². The molecule has 0 atom stereocenters. The van der Waals surface area contributed by atoms with Gasteiger partial charge in [-0.15, -0.1) is 0 Å². The number of nitrogens with zero attached hydrogens (tertiary/aromatic N) is 1. The Hall–Kier alpha value is -3.56. The maximum atomic E-state index is 12.8. The quantitative estimate of drug-likeness (QED) is 0.294. The van der Waals surface area contributed by atoms with Gasteiger partial charge in [0.2, 0.25) is 0 Å². The Balaban J connectivity index is 1.83. The highest BCUT2D eigenvalue weighted by Crippen LogP contribution is 2.35. The lowest BCUT2D eigenvalue weighted by atomic mass is 10.1. The number of halogens is 1. The van der Waals surface area contributed by atoms with E-state index in [0.29, 0.717) is 33.8 Å². The van der Waals surface area contributed by atoms with Gasteiger partial charge >= 0.3 is 0 Å². The van der Waals surface area contributed by atoms with Gasteiger partial charge in [-0.3, -0.25) is 4.79 Å². The van der Waals surface area contributed by atoms with E-state index in [2.05, 4.69) is 21.2 Å². The van der Waals surface area contributed by atoms with E-state index < -0.39 is 5.91 Å². The third kappa shape index (κ3) is 6.03. The lowest BCUT2D eigenvalue weighted by Crippen LogP contribution is -2.14. The molecule has 0 unspecified atom stereocenters. The first-order valence-electron chi connectivity index (χ1n) is 10.4. The van der Waals surface area contributed by atoms with Gasteiger partial charge in [0.1, 0.15) is 18.2 Å². The number of benzene rings is 3. The van der Waals surface area contributed by atoms with Gasteiger partial charge in [-0.25, -0.2) is 0 Å². The van der Waals surface area contributed by atoms with Crippen LogP contribution < -0.4 is 14.8 Å². The summed E-state index contributed by atoms with van der Waals surface area (Å²) in [7, 11) is 1.55. The zero-order chi connectivity index (χ0) is 24.0. The molecule has 1 N–H and O–H groups in total. The van der Waals surface area contributed by atoms with E-state index in [0.717, 1.165) is 16.7 Å². The maximum absolute atomic E-state index is 12.8. The average Bonchev–Trinajstić information content (AvgIpc) is 2.81. The molecule has 6 heteroatoms. The molecule has 168 valence electrons. The van der Waals surface area contributed by atoms with Gasteiger partial charge in [-0.2, -0.15) is 5.26 Å². The predicted octanol–water partition coefficient (Wildman–Crippen LogP) is 6.51. The lowest BCUT2D eigenvalue weighted by Gasteiger charge is -2.13. The van der Waals surface area contributed by atoms with Crippen LogP contribution in [0.3, 0.4) is 0 Å². The summed E-state index contributed by atoms with van der Waals surface area (Å²) in [5.41, 5.74) is 5.53. The van der Waals surface area contributed by atoms with Gasteiger partial charge in [0.15, 0.2) is 11.5 Å². The van der Waals surface area contributed by atoms with E-state index in [9.17, 15) is 10.1 Å². The number of nitriles is 1. The van der Waals surface area contributed by atoms with Crippen LogP contribution in [0.5, 0.6) is 11.5 Å². The van der Waals surface area contributed by atoms with Crippen LogP contribution in [0.4, 0.5) is 5.69 Å². The van der Waals surface area contributed by atoms with Crippen LogP contribution in [0.25, 0.3) is 6.08 Å². The minimum absolute atomic E-state index is 0.0213. The van der Waals surface area contributed by atoms with Crippen molar-refractivity contribution in [3.8, 4) is 17.6 Å². The SMILES string of the molecule is COc1cc(C=C(C#N)C(=O)Nc2cccc(C)c2C)c(Br)cc1OCc1ccc(C)cc1. The van der Waals surface area contributed by atoms with Crippen LogP contribution >= 0.6 is 15.9 Å². The van der Waals surface area contributed by atoms with Gasteiger partial charge in [0.05, 0.1) is 7.11 Å². The minimum atomic E-state index is -0.475. The van der Waals surface area contributed by atoms with Gasteiger partial charge in [0.25, 0.3) is 5.91 Å². The smallest absolute Gasteiger partial charge is 0.266 e. The molecule has 5 nitrogen and oxygen atoms in total. The molecule has 0 aromatic heterocycles. The van der Waals surface area contributed by atoms with Crippen molar-refractivity contribution in [2.45, 2.75) is 27.4 Å². The molecule has 0 aliphatic carbocycles. The van der Waals surface area contributed by atoms with Crippen molar-refractivity contribution >= 4 is 33.6 Å². The number of rotatable bonds is 7. The number of amides is 1. The molecule has 33 heavy (non-hydrogen) atoms. The maximum Gasteiger partial charge on any atom is 0.266 e. The molecule has 3 aromatic carbocycles. The molecular formula is C27H25BrN2O3. The van der Waals surface area contributed by atoms with Gasteiger partial charge in [0, 0.05) is 10.2 Å². The third-order valence-electron chi connectivity index (χ3n) is 5.32. The summed E-state index contributed by atoms with van der Waals surface area (Å²) in [6.45, 7) is 6.32. The van der Waals surface area contributed by atoms with Crippen LogP contribution in [0.15, 0.2) is 64.6 Å². The number of ether oxygens (including phenoxy) is 2.